The molecule has 0 aliphatic rings. The van der Waals surface area contributed by atoms with Crippen LogP contribution in [0.1, 0.15) is 18.5 Å². The summed E-state index contributed by atoms with van der Waals surface area (Å²) in [5.74, 6) is 1.66. The van der Waals surface area contributed by atoms with Crippen molar-refractivity contribution in [2.75, 3.05) is 17.7 Å². The first kappa shape index (κ1) is 11.3. The Hall–Kier alpha value is -1.16. The van der Waals surface area contributed by atoms with Crippen molar-refractivity contribution in [3.8, 4) is 0 Å². The number of nitrogen functional groups attached to an aromatic ring is 1. The van der Waals surface area contributed by atoms with Gasteiger partial charge in [-0.25, -0.2) is 4.98 Å². The van der Waals surface area contributed by atoms with E-state index >= 15 is 0 Å². The fraction of sp³-hybridized carbons (Fsp3) is 0.417. The molecular formula is C12H17N3S. The number of aromatic nitrogens is 2. The van der Waals surface area contributed by atoms with Crippen LogP contribution < -0.4 is 5.73 Å². The fourth-order valence-corrected chi connectivity index (χ4v) is 2.69. The van der Waals surface area contributed by atoms with Gasteiger partial charge in [0.05, 0.1) is 11.0 Å². The number of hydrogen-bond acceptors (Lipinski definition) is 3. The molecule has 0 bridgehead atoms. The maximum Gasteiger partial charge on any atom is 0.201 e. The van der Waals surface area contributed by atoms with Crippen molar-refractivity contribution in [2.24, 2.45) is 0 Å². The summed E-state index contributed by atoms with van der Waals surface area (Å²) >= 11 is 1.83. The lowest BCUT2D eigenvalue weighted by Gasteiger charge is -2.14. The van der Waals surface area contributed by atoms with Crippen LogP contribution in [0.25, 0.3) is 11.0 Å². The minimum absolute atomic E-state index is 0.377. The molecule has 0 aliphatic carbocycles. The van der Waals surface area contributed by atoms with E-state index in [1.165, 1.54) is 5.56 Å². The summed E-state index contributed by atoms with van der Waals surface area (Å²) in [6, 6.07) is 6.59. The largest absolute Gasteiger partial charge is 0.369 e. The zero-order chi connectivity index (χ0) is 11.7. The zero-order valence-corrected chi connectivity index (χ0v) is 10.7. The minimum Gasteiger partial charge on any atom is -0.369 e. The molecule has 0 saturated heterocycles. The first-order chi connectivity index (χ1) is 7.65. The maximum absolute atomic E-state index is 6.00. The molecule has 3 nitrogen and oxygen atoms in total. The van der Waals surface area contributed by atoms with Gasteiger partial charge < -0.3 is 10.3 Å². The molecule has 0 aliphatic heterocycles. The van der Waals surface area contributed by atoms with E-state index in [2.05, 4.69) is 47.9 Å². The third-order valence-corrected chi connectivity index (χ3v) is 3.61. The van der Waals surface area contributed by atoms with Gasteiger partial charge in [0.2, 0.25) is 5.95 Å². The second kappa shape index (κ2) is 4.37. The molecule has 2 rings (SSSR count). The summed E-state index contributed by atoms with van der Waals surface area (Å²) in [6.45, 7) is 4.24. The Labute approximate surface area is 100 Å². The van der Waals surface area contributed by atoms with Crippen LogP contribution in [0, 0.1) is 6.92 Å². The molecule has 1 atom stereocenters. The molecule has 0 saturated carbocycles. The third-order valence-electron chi connectivity index (χ3n) is 2.80. The number of fused-ring (bicyclic) bond motifs is 1. The second-order valence-corrected chi connectivity index (χ2v) is 5.00. The number of thioether (sulfide) groups is 1. The SMILES string of the molecule is CSCC(C)n1c(N)nc2c(C)cccc21. The third kappa shape index (κ3) is 1.78. The number of nitrogens with zero attached hydrogens (tertiary/aromatic N) is 2. The first-order valence-corrected chi connectivity index (χ1v) is 6.76. The van der Waals surface area contributed by atoms with Gasteiger partial charge in [-0.3, -0.25) is 0 Å². The number of aryl methyl sites for hydroxylation is 1. The summed E-state index contributed by atoms with van der Waals surface area (Å²) in [5, 5.41) is 0. The molecule has 0 radical (unpaired) electrons. The smallest absolute Gasteiger partial charge is 0.201 e. The van der Waals surface area contributed by atoms with E-state index < -0.39 is 0 Å². The molecule has 0 amide bonds. The van der Waals surface area contributed by atoms with Crippen LogP contribution >= 0.6 is 11.8 Å². The summed E-state index contributed by atoms with van der Waals surface area (Å²) in [7, 11) is 0. The number of anilines is 1. The molecule has 2 N–H and O–H groups in total. The molecule has 1 aromatic heterocycles. The predicted molar refractivity (Wildman–Crippen MR) is 72.0 cm³/mol. The highest BCUT2D eigenvalue weighted by Gasteiger charge is 2.14. The van der Waals surface area contributed by atoms with E-state index in [9.17, 15) is 0 Å². The van der Waals surface area contributed by atoms with Gasteiger partial charge in [-0.2, -0.15) is 11.8 Å². The molecular weight excluding hydrogens is 218 g/mol. The standard InChI is InChI=1S/C12H17N3S/c1-8-5-4-6-10-11(8)14-12(13)15(10)9(2)7-16-3/h4-6,9H,7H2,1-3H3,(H2,13,14). The Kier molecular flexibility index (Phi) is 3.10. The zero-order valence-electron chi connectivity index (χ0n) is 9.90. The topological polar surface area (TPSA) is 43.8 Å². The first-order valence-electron chi connectivity index (χ1n) is 5.37. The van der Waals surface area contributed by atoms with E-state index in [0.29, 0.717) is 12.0 Å². The van der Waals surface area contributed by atoms with Gasteiger partial charge >= 0.3 is 0 Å². The van der Waals surface area contributed by atoms with E-state index in [-0.39, 0.29) is 0 Å². The van der Waals surface area contributed by atoms with E-state index in [1.807, 2.05) is 11.8 Å². The molecule has 16 heavy (non-hydrogen) atoms. The Bertz CT molecular complexity index is 504. The fourth-order valence-electron chi connectivity index (χ4n) is 2.05. The van der Waals surface area contributed by atoms with Gasteiger partial charge in [-0.05, 0) is 31.7 Å². The van der Waals surface area contributed by atoms with Crippen LogP contribution in [0.3, 0.4) is 0 Å². The van der Waals surface area contributed by atoms with Gasteiger partial charge in [0.1, 0.15) is 0 Å². The van der Waals surface area contributed by atoms with Gasteiger partial charge in [0, 0.05) is 11.8 Å². The lowest BCUT2D eigenvalue weighted by atomic mass is 10.2. The monoisotopic (exact) mass is 235 g/mol. The Morgan fingerprint density at radius 2 is 2.25 bits per heavy atom. The van der Waals surface area contributed by atoms with E-state index in [0.717, 1.165) is 16.8 Å². The Morgan fingerprint density at radius 3 is 2.94 bits per heavy atom. The van der Waals surface area contributed by atoms with E-state index in [4.69, 9.17) is 5.73 Å². The molecule has 0 spiro atoms. The van der Waals surface area contributed by atoms with Crippen molar-refractivity contribution in [3.05, 3.63) is 23.8 Å². The van der Waals surface area contributed by atoms with Crippen molar-refractivity contribution in [1.82, 2.24) is 9.55 Å². The average molecular weight is 235 g/mol. The van der Waals surface area contributed by atoms with Crippen LogP contribution in [0.4, 0.5) is 5.95 Å². The van der Waals surface area contributed by atoms with Crippen molar-refractivity contribution in [1.29, 1.82) is 0 Å². The van der Waals surface area contributed by atoms with Gasteiger partial charge in [-0.1, -0.05) is 12.1 Å². The molecule has 2 aromatic rings. The average Bonchev–Trinajstić information content (AvgIpc) is 2.56. The summed E-state index contributed by atoms with van der Waals surface area (Å²) in [4.78, 5) is 4.45. The van der Waals surface area contributed by atoms with Crippen molar-refractivity contribution in [2.45, 2.75) is 19.9 Å². The van der Waals surface area contributed by atoms with Crippen molar-refractivity contribution < 1.29 is 0 Å². The molecule has 86 valence electrons. The van der Waals surface area contributed by atoms with Crippen LogP contribution in [-0.4, -0.2) is 21.6 Å². The highest BCUT2D eigenvalue weighted by molar-refractivity contribution is 7.98. The number of rotatable bonds is 3. The van der Waals surface area contributed by atoms with Crippen LogP contribution in [-0.2, 0) is 0 Å². The number of hydrogen-bond donors (Lipinski definition) is 1. The van der Waals surface area contributed by atoms with Crippen molar-refractivity contribution in [3.63, 3.8) is 0 Å². The molecule has 4 heteroatoms. The maximum atomic E-state index is 6.00. The highest BCUT2D eigenvalue weighted by Crippen LogP contribution is 2.26. The summed E-state index contributed by atoms with van der Waals surface area (Å²) in [6.07, 6.45) is 2.11. The molecule has 1 heterocycles. The molecule has 1 aromatic carbocycles. The second-order valence-electron chi connectivity index (χ2n) is 4.09. The van der Waals surface area contributed by atoms with E-state index in [1.54, 1.807) is 0 Å². The summed E-state index contributed by atoms with van der Waals surface area (Å²) in [5.41, 5.74) is 9.34. The lowest BCUT2D eigenvalue weighted by molar-refractivity contribution is 0.637. The van der Waals surface area contributed by atoms with Crippen LogP contribution in [0.2, 0.25) is 0 Å². The molecule has 0 fully saturated rings. The normalized spacial score (nSPS) is 13.2. The number of benzene rings is 1. The van der Waals surface area contributed by atoms with Gasteiger partial charge in [0.25, 0.3) is 0 Å². The number of nitrogens with two attached hydrogens (primary N) is 1. The molecule has 1 unspecified atom stereocenters. The minimum atomic E-state index is 0.377. The highest BCUT2D eigenvalue weighted by atomic mass is 32.2. The Balaban J connectivity index is 2.60. The number of imidazole rings is 1. The van der Waals surface area contributed by atoms with Crippen LogP contribution in [0.5, 0.6) is 0 Å². The van der Waals surface area contributed by atoms with Gasteiger partial charge in [-0.15, -0.1) is 0 Å². The number of para-hydroxylation sites is 1. The Morgan fingerprint density at radius 1 is 1.50 bits per heavy atom. The predicted octanol–water partition coefficient (Wildman–Crippen LogP) is 2.85. The van der Waals surface area contributed by atoms with Crippen molar-refractivity contribution >= 4 is 28.7 Å². The lowest BCUT2D eigenvalue weighted by Crippen LogP contribution is -2.10. The van der Waals surface area contributed by atoms with Gasteiger partial charge in [0.15, 0.2) is 0 Å². The summed E-state index contributed by atoms with van der Waals surface area (Å²) < 4.78 is 2.12. The quantitative estimate of drug-likeness (QED) is 0.889. The van der Waals surface area contributed by atoms with Crippen LogP contribution in [0.15, 0.2) is 18.2 Å².